The number of hydrogen-bond acceptors (Lipinski definition) is 2. The molecular weight excluding hydrogens is 264 g/mol. The van der Waals surface area contributed by atoms with Crippen LogP contribution in [-0.2, 0) is 11.3 Å². The molecule has 114 valence electrons. The fourth-order valence-electron chi connectivity index (χ4n) is 2.34. The summed E-state index contributed by atoms with van der Waals surface area (Å²) in [7, 11) is 3.86. The summed E-state index contributed by atoms with van der Waals surface area (Å²) in [5.74, 6) is 0.896. The first kappa shape index (κ1) is 15.4. The number of carbonyl (C=O) groups is 1. The Kier molecular flexibility index (Phi) is 5.60. The van der Waals surface area contributed by atoms with Crippen molar-refractivity contribution in [3.05, 3.63) is 35.9 Å². The molecule has 1 heterocycles. The lowest BCUT2D eigenvalue weighted by Gasteiger charge is -2.20. The highest BCUT2D eigenvalue weighted by Gasteiger charge is 2.17. The van der Waals surface area contributed by atoms with Gasteiger partial charge in [-0.15, -0.1) is 0 Å². The highest BCUT2D eigenvalue weighted by molar-refractivity contribution is 5.86. The van der Waals surface area contributed by atoms with Crippen molar-refractivity contribution in [1.82, 2.24) is 15.1 Å². The highest BCUT2D eigenvalue weighted by Crippen LogP contribution is 2.06. The van der Waals surface area contributed by atoms with E-state index in [1.165, 1.54) is 0 Å². The summed E-state index contributed by atoms with van der Waals surface area (Å²) in [5.41, 5.74) is 1.16. The van der Waals surface area contributed by atoms with Crippen LogP contribution in [0.5, 0.6) is 0 Å². The van der Waals surface area contributed by atoms with Crippen LogP contribution in [0.4, 0.5) is 0 Å². The molecule has 0 unspecified atom stereocenters. The molecule has 1 aliphatic heterocycles. The molecule has 1 aromatic carbocycles. The Labute approximate surface area is 126 Å². The maximum absolute atomic E-state index is 12.0. The standard InChI is InChI=1S/C16H24N4O/c1-19(2)16(17-12-14-8-4-3-5-9-14)18-13-15(21)20-10-6-7-11-20/h3-5,8-9H,6-7,10-13H2,1-2H3,(H,17,18). The number of carbonyl (C=O) groups excluding carboxylic acids is 1. The minimum Gasteiger partial charge on any atom is -0.349 e. The molecule has 1 N–H and O–H groups in total. The molecule has 2 rings (SSSR count). The molecule has 0 radical (unpaired) electrons. The molecule has 0 spiro atoms. The first-order chi connectivity index (χ1) is 10.2. The summed E-state index contributed by atoms with van der Waals surface area (Å²) in [6.45, 7) is 2.70. The fraction of sp³-hybridized carbons (Fsp3) is 0.500. The lowest BCUT2D eigenvalue weighted by Crippen LogP contribution is -2.43. The van der Waals surface area contributed by atoms with Crippen molar-refractivity contribution >= 4 is 11.9 Å². The van der Waals surface area contributed by atoms with E-state index < -0.39 is 0 Å². The van der Waals surface area contributed by atoms with Crippen LogP contribution in [-0.4, -0.2) is 55.4 Å². The van der Waals surface area contributed by atoms with Crippen molar-refractivity contribution in [2.75, 3.05) is 33.7 Å². The van der Waals surface area contributed by atoms with Crippen molar-refractivity contribution in [2.45, 2.75) is 19.4 Å². The van der Waals surface area contributed by atoms with Crippen LogP contribution in [0.2, 0.25) is 0 Å². The van der Waals surface area contributed by atoms with Gasteiger partial charge in [-0.2, -0.15) is 0 Å². The predicted octanol–water partition coefficient (Wildman–Crippen LogP) is 1.32. The Balaban J connectivity index is 1.88. The summed E-state index contributed by atoms with van der Waals surface area (Å²) in [6, 6.07) is 10.1. The van der Waals surface area contributed by atoms with E-state index in [-0.39, 0.29) is 5.91 Å². The van der Waals surface area contributed by atoms with Crippen LogP contribution >= 0.6 is 0 Å². The van der Waals surface area contributed by atoms with Gasteiger partial charge in [0.05, 0.1) is 13.1 Å². The summed E-state index contributed by atoms with van der Waals surface area (Å²) in [6.07, 6.45) is 2.24. The van der Waals surface area contributed by atoms with Gasteiger partial charge in [-0.25, -0.2) is 4.99 Å². The van der Waals surface area contributed by atoms with Gasteiger partial charge in [-0.05, 0) is 18.4 Å². The monoisotopic (exact) mass is 288 g/mol. The van der Waals surface area contributed by atoms with E-state index in [0.717, 1.165) is 37.5 Å². The van der Waals surface area contributed by atoms with Crippen LogP contribution in [0.1, 0.15) is 18.4 Å². The number of nitrogens with zero attached hydrogens (tertiary/aromatic N) is 3. The molecule has 0 aliphatic carbocycles. The number of rotatable bonds is 4. The number of likely N-dealkylation sites (tertiary alicyclic amines) is 1. The maximum atomic E-state index is 12.0. The van der Waals surface area contributed by atoms with Gasteiger partial charge in [0.2, 0.25) is 5.91 Å². The first-order valence-electron chi connectivity index (χ1n) is 7.44. The largest absolute Gasteiger partial charge is 0.349 e. The SMILES string of the molecule is CN(C)C(=NCc1ccccc1)NCC(=O)N1CCCC1. The molecule has 0 bridgehead atoms. The average Bonchev–Trinajstić information content (AvgIpc) is 3.02. The molecular formula is C16H24N4O. The van der Waals surface area contributed by atoms with Crippen molar-refractivity contribution in [2.24, 2.45) is 4.99 Å². The van der Waals surface area contributed by atoms with Crippen LogP contribution in [0.25, 0.3) is 0 Å². The molecule has 1 aliphatic rings. The van der Waals surface area contributed by atoms with E-state index in [9.17, 15) is 4.79 Å². The smallest absolute Gasteiger partial charge is 0.241 e. The molecule has 5 heteroatoms. The van der Waals surface area contributed by atoms with Gasteiger partial charge in [0.15, 0.2) is 5.96 Å². The third-order valence-electron chi connectivity index (χ3n) is 3.53. The van der Waals surface area contributed by atoms with Crippen LogP contribution in [0.15, 0.2) is 35.3 Å². The number of amides is 1. The second kappa shape index (κ2) is 7.67. The number of guanidine groups is 1. The molecule has 1 aromatic rings. The van der Waals surface area contributed by atoms with E-state index in [1.807, 2.05) is 54.2 Å². The highest BCUT2D eigenvalue weighted by atomic mass is 16.2. The molecule has 1 amide bonds. The number of nitrogens with one attached hydrogen (secondary N) is 1. The maximum Gasteiger partial charge on any atom is 0.241 e. The van der Waals surface area contributed by atoms with Gasteiger partial charge in [0, 0.05) is 27.2 Å². The van der Waals surface area contributed by atoms with Crippen molar-refractivity contribution < 1.29 is 4.79 Å². The van der Waals surface area contributed by atoms with Gasteiger partial charge < -0.3 is 15.1 Å². The summed E-state index contributed by atoms with van der Waals surface area (Å²) in [4.78, 5) is 20.4. The van der Waals surface area contributed by atoms with Crippen molar-refractivity contribution in [3.8, 4) is 0 Å². The zero-order chi connectivity index (χ0) is 15.1. The zero-order valence-corrected chi connectivity index (χ0v) is 12.9. The van der Waals surface area contributed by atoms with Gasteiger partial charge in [-0.1, -0.05) is 30.3 Å². The Hall–Kier alpha value is -2.04. The van der Waals surface area contributed by atoms with Crippen molar-refractivity contribution in [1.29, 1.82) is 0 Å². The van der Waals surface area contributed by atoms with E-state index in [4.69, 9.17) is 0 Å². The number of hydrogen-bond donors (Lipinski definition) is 1. The molecule has 0 atom stereocenters. The van der Waals surface area contributed by atoms with E-state index in [1.54, 1.807) is 0 Å². The quantitative estimate of drug-likeness (QED) is 0.671. The number of benzene rings is 1. The molecule has 1 saturated heterocycles. The van der Waals surface area contributed by atoms with Crippen molar-refractivity contribution in [3.63, 3.8) is 0 Å². The van der Waals surface area contributed by atoms with Gasteiger partial charge >= 0.3 is 0 Å². The summed E-state index contributed by atoms with van der Waals surface area (Å²) < 4.78 is 0. The Morgan fingerprint density at radius 3 is 2.52 bits per heavy atom. The number of aliphatic imine (C=N–C) groups is 1. The Bertz CT molecular complexity index is 478. The lowest BCUT2D eigenvalue weighted by atomic mass is 10.2. The average molecular weight is 288 g/mol. The first-order valence-corrected chi connectivity index (χ1v) is 7.44. The third-order valence-corrected chi connectivity index (χ3v) is 3.53. The van der Waals surface area contributed by atoms with Gasteiger partial charge in [0.1, 0.15) is 0 Å². The Morgan fingerprint density at radius 2 is 1.90 bits per heavy atom. The second-order valence-corrected chi connectivity index (χ2v) is 5.46. The lowest BCUT2D eigenvalue weighted by molar-refractivity contribution is -0.128. The Morgan fingerprint density at radius 1 is 1.24 bits per heavy atom. The molecule has 0 saturated carbocycles. The molecule has 5 nitrogen and oxygen atoms in total. The summed E-state index contributed by atoms with van der Waals surface area (Å²) in [5, 5.41) is 3.15. The van der Waals surface area contributed by atoms with E-state index in [0.29, 0.717) is 13.1 Å². The minimum absolute atomic E-state index is 0.154. The topological polar surface area (TPSA) is 47.9 Å². The molecule has 0 aromatic heterocycles. The minimum atomic E-state index is 0.154. The zero-order valence-electron chi connectivity index (χ0n) is 12.9. The van der Waals surface area contributed by atoms with E-state index in [2.05, 4.69) is 10.3 Å². The normalized spacial score (nSPS) is 15.1. The van der Waals surface area contributed by atoms with E-state index >= 15 is 0 Å². The van der Waals surface area contributed by atoms with Crippen LogP contribution in [0.3, 0.4) is 0 Å². The van der Waals surface area contributed by atoms with Gasteiger partial charge in [0.25, 0.3) is 0 Å². The second-order valence-electron chi connectivity index (χ2n) is 5.46. The molecule has 21 heavy (non-hydrogen) atoms. The molecule has 1 fully saturated rings. The van der Waals surface area contributed by atoms with Gasteiger partial charge in [-0.3, -0.25) is 4.79 Å². The summed E-state index contributed by atoms with van der Waals surface area (Å²) >= 11 is 0. The van der Waals surface area contributed by atoms with Crippen LogP contribution < -0.4 is 5.32 Å². The predicted molar refractivity (Wildman–Crippen MR) is 85.1 cm³/mol. The third kappa shape index (κ3) is 4.77. The van der Waals surface area contributed by atoms with Crippen LogP contribution in [0, 0.1) is 0 Å². The fourth-order valence-corrected chi connectivity index (χ4v) is 2.34.